The molecule has 1 rings (SSSR count). The number of nitrogen functional groups attached to an aromatic ring is 1. The first-order valence-corrected chi connectivity index (χ1v) is 4.33. The van der Waals surface area contributed by atoms with Gasteiger partial charge in [-0.3, -0.25) is 5.84 Å². The summed E-state index contributed by atoms with van der Waals surface area (Å²) >= 11 is 0. The molecule has 0 aliphatic heterocycles. The summed E-state index contributed by atoms with van der Waals surface area (Å²) in [5.74, 6) is 6.63. The zero-order valence-corrected chi connectivity index (χ0v) is 8.29. The smallest absolute Gasteiger partial charge is 0.143 e. The molecule has 0 aromatic heterocycles. The fourth-order valence-electron chi connectivity index (χ4n) is 1.20. The molecule has 3 N–H and O–H groups in total. The van der Waals surface area contributed by atoms with Gasteiger partial charge in [0.05, 0.1) is 12.8 Å². The summed E-state index contributed by atoms with van der Waals surface area (Å²) in [5, 5.41) is 0. The Morgan fingerprint density at radius 3 is 2.54 bits per heavy atom. The van der Waals surface area contributed by atoms with Crippen LogP contribution in [0.1, 0.15) is 25.3 Å². The monoisotopic (exact) mass is 180 g/mol. The van der Waals surface area contributed by atoms with Gasteiger partial charge >= 0.3 is 0 Å². The molecule has 0 saturated carbocycles. The number of nitrogens with one attached hydrogen (secondary N) is 1. The Bertz CT molecular complexity index is 284. The molecule has 1 aromatic rings. The average molecular weight is 180 g/mol. The lowest BCUT2D eigenvalue weighted by atomic mass is 10.0. The molecule has 3 heteroatoms. The number of rotatable bonds is 3. The Balaban J connectivity index is 3.05. The van der Waals surface area contributed by atoms with E-state index in [-0.39, 0.29) is 0 Å². The van der Waals surface area contributed by atoms with Gasteiger partial charge in [-0.25, -0.2) is 0 Å². The van der Waals surface area contributed by atoms with Crippen LogP contribution in [0, 0.1) is 0 Å². The minimum Gasteiger partial charge on any atom is -0.495 e. The highest BCUT2D eigenvalue weighted by Gasteiger charge is 2.04. The normalized spacial score (nSPS) is 10.2. The Hall–Kier alpha value is -1.22. The van der Waals surface area contributed by atoms with Crippen LogP contribution in [0.15, 0.2) is 18.2 Å². The molecule has 0 radical (unpaired) electrons. The van der Waals surface area contributed by atoms with Crippen LogP contribution in [0.2, 0.25) is 0 Å². The maximum atomic E-state index is 5.37. The van der Waals surface area contributed by atoms with E-state index in [1.54, 1.807) is 7.11 Å². The number of ether oxygens (including phenoxy) is 1. The van der Waals surface area contributed by atoms with Gasteiger partial charge in [0.2, 0.25) is 0 Å². The van der Waals surface area contributed by atoms with Crippen molar-refractivity contribution < 1.29 is 4.74 Å². The van der Waals surface area contributed by atoms with E-state index in [1.165, 1.54) is 5.56 Å². The first-order valence-electron chi connectivity index (χ1n) is 4.33. The largest absolute Gasteiger partial charge is 0.495 e. The van der Waals surface area contributed by atoms with E-state index in [0.29, 0.717) is 5.92 Å². The Labute approximate surface area is 78.9 Å². The lowest BCUT2D eigenvalue weighted by molar-refractivity contribution is 0.416. The molecule has 72 valence electrons. The number of nitrogens with two attached hydrogens (primary N) is 1. The van der Waals surface area contributed by atoms with Crippen LogP contribution in [0.25, 0.3) is 0 Å². The van der Waals surface area contributed by atoms with Crippen molar-refractivity contribution in [2.24, 2.45) is 5.84 Å². The summed E-state index contributed by atoms with van der Waals surface area (Å²) in [5.41, 5.74) is 4.69. The topological polar surface area (TPSA) is 47.3 Å². The van der Waals surface area contributed by atoms with Crippen molar-refractivity contribution in [3.63, 3.8) is 0 Å². The molecule has 0 amide bonds. The maximum Gasteiger partial charge on any atom is 0.143 e. The molecule has 0 aliphatic rings. The van der Waals surface area contributed by atoms with Gasteiger partial charge in [-0.15, -0.1) is 0 Å². The van der Waals surface area contributed by atoms with Crippen LogP contribution in [-0.2, 0) is 0 Å². The summed E-state index contributed by atoms with van der Waals surface area (Å²) in [6, 6.07) is 5.97. The highest BCUT2D eigenvalue weighted by molar-refractivity contribution is 5.57. The average Bonchev–Trinajstić information content (AvgIpc) is 2.16. The van der Waals surface area contributed by atoms with Gasteiger partial charge in [-0.05, 0) is 23.6 Å². The van der Waals surface area contributed by atoms with E-state index in [1.807, 2.05) is 18.2 Å². The van der Waals surface area contributed by atoms with Crippen molar-refractivity contribution in [1.29, 1.82) is 0 Å². The van der Waals surface area contributed by atoms with Crippen molar-refractivity contribution in [3.8, 4) is 5.75 Å². The molecule has 13 heavy (non-hydrogen) atoms. The molecule has 0 saturated heterocycles. The van der Waals surface area contributed by atoms with E-state index in [2.05, 4.69) is 19.3 Å². The zero-order valence-electron chi connectivity index (χ0n) is 8.29. The summed E-state index contributed by atoms with van der Waals surface area (Å²) in [7, 11) is 1.63. The van der Waals surface area contributed by atoms with Gasteiger partial charge in [0, 0.05) is 0 Å². The predicted octanol–water partition coefficient (Wildman–Crippen LogP) is 2.10. The van der Waals surface area contributed by atoms with Gasteiger partial charge in [-0.1, -0.05) is 19.9 Å². The lowest BCUT2D eigenvalue weighted by Crippen LogP contribution is -2.08. The van der Waals surface area contributed by atoms with Crippen LogP contribution in [0.4, 0.5) is 5.69 Å². The van der Waals surface area contributed by atoms with Crippen LogP contribution >= 0.6 is 0 Å². The van der Waals surface area contributed by atoms with Crippen LogP contribution in [0.5, 0.6) is 5.75 Å². The SMILES string of the molecule is COc1ccc(C(C)C)cc1NN. The minimum atomic E-state index is 0.498. The maximum absolute atomic E-state index is 5.37. The Morgan fingerprint density at radius 2 is 2.08 bits per heavy atom. The molecule has 0 spiro atoms. The quantitative estimate of drug-likeness (QED) is 0.553. The van der Waals surface area contributed by atoms with E-state index in [0.717, 1.165) is 11.4 Å². The van der Waals surface area contributed by atoms with Gasteiger partial charge in [0.15, 0.2) is 0 Å². The highest BCUT2D eigenvalue weighted by atomic mass is 16.5. The summed E-state index contributed by atoms with van der Waals surface area (Å²) in [4.78, 5) is 0. The fourth-order valence-corrected chi connectivity index (χ4v) is 1.20. The second kappa shape index (κ2) is 4.14. The van der Waals surface area contributed by atoms with E-state index < -0.39 is 0 Å². The zero-order chi connectivity index (χ0) is 9.84. The van der Waals surface area contributed by atoms with Crippen molar-refractivity contribution in [1.82, 2.24) is 0 Å². The first-order chi connectivity index (χ1) is 6.19. The van der Waals surface area contributed by atoms with Crippen LogP contribution in [0.3, 0.4) is 0 Å². The Kier molecular flexibility index (Phi) is 3.14. The minimum absolute atomic E-state index is 0.498. The van der Waals surface area contributed by atoms with Gasteiger partial charge < -0.3 is 10.2 Å². The van der Waals surface area contributed by atoms with Gasteiger partial charge in [0.25, 0.3) is 0 Å². The molecule has 0 fully saturated rings. The first kappa shape index (κ1) is 9.86. The van der Waals surface area contributed by atoms with E-state index >= 15 is 0 Å². The molecule has 0 bridgehead atoms. The van der Waals surface area contributed by atoms with E-state index in [9.17, 15) is 0 Å². The number of benzene rings is 1. The summed E-state index contributed by atoms with van der Waals surface area (Å²) < 4.78 is 5.13. The molecule has 0 unspecified atom stereocenters. The van der Waals surface area contributed by atoms with Crippen LogP contribution in [-0.4, -0.2) is 7.11 Å². The summed E-state index contributed by atoms with van der Waals surface area (Å²) in [6.45, 7) is 4.28. The molecular weight excluding hydrogens is 164 g/mol. The third-order valence-electron chi connectivity index (χ3n) is 2.05. The molecule has 0 heterocycles. The number of methoxy groups -OCH3 is 1. The van der Waals surface area contributed by atoms with E-state index in [4.69, 9.17) is 10.6 Å². The van der Waals surface area contributed by atoms with Crippen molar-refractivity contribution in [2.75, 3.05) is 12.5 Å². The Morgan fingerprint density at radius 1 is 1.38 bits per heavy atom. The fraction of sp³-hybridized carbons (Fsp3) is 0.400. The van der Waals surface area contributed by atoms with Crippen molar-refractivity contribution >= 4 is 5.69 Å². The molecule has 0 aliphatic carbocycles. The third kappa shape index (κ3) is 2.12. The number of hydrogen-bond donors (Lipinski definition) is 2. The second-order valence-corrected chi connectivity index (χ2v) is 3.26. The molecule has 0 atom stereocenters. The third-order valence-corrected chi connectivity index (χ3v) is 2.05. The van der Waals surface area contributed by atoms with Gasteiger partial charge in [0.1, 0.15) is 5.75 Å². The number of hydrazine groups is 1. The number of hydrogen-bond acceptors (Lipinski definition) is 3. The molecular formula is C10H16N2O. The van der Waals surface area contributed by atoms with Crippen LogP contribution < -0.4 is 16.0 Å². The second-order valence-electron chi connectivity index (χ2n) is 3.26. The van der Waals surface area contributed by atoms with Crippen molar-refractivity contribution in [3.05, 3.63) is 23.8 Å². The number of anilines is 1. The lowest BCUT2D eigenvalue weighted by Gasteiger charge is -2.11. The standard InChI is InChI=1S/C10H16N2O/c1-7(2)8-4-5-10(13-3)9(6-8)12-11/h4-7,12H,11H2,1-3H3. The van der Waals surface area contributed by atoms with Crippen molar-refractivity contribution in [2.45, 2.75) is 19.8 Å². The van der Waals surface area contributed by atoms with Gasteiger partial charge in [-0.2, -0.15) is 0 Å². The highest BCUT2D eigenvalue weighted by Crippen LogP contribution is 2.27. The molecule has 1 aromatic carbocycles. The molecule has 3 nitrogen and oxygen atoms in total. The summed E-state index contributed by atoms with van der Waals surface area (Å²) in [6.07, 6.45) is 0. The predicted molar refractivity (Wildman–Crippen MR) is 54.9 cm³/mol.